The van der Waals surface area contributed by atoms with E-state index < -0.39 is 0 Å². The zero-order chi connectivity index (χ0) is 8.53. The van der Waals surface area contributed by atoms with Gasteiger partial charge in [0.1, 0.15) is 0 Å². The molecule has 0 spiro atoms. The van der Waals surface area contributed by atoms with Crippen molar-refractivity contribution in [3.05, 3.63) is 12.2 Å². The highest BCUT2D eigenvalue weighted by molar-refractivity contribution is 9.09. The number of alkyl halides is 1. The molecule has 1 nitrogen and oxygen atoms in total. The molecule has 1 unspecified atom stereocenters. The van der Waals surface area contributed by atoms with Gasteiger partial charge in [0.15, 0.2) is 0 Å². The second-order valence-electron chi connectivity index (χ2n) is 2.56. The number of halogens is 1. The van der Waals surface area contributed by atoms with Gasteiger partial charge in [0.2, 0.25) is 0 Å². The fourth-order valence-corrected chi connectivity index (χ4v) is 1.49. The number of allylic oxidation sites excluding steroid dienone is 1. The Balaban J connectivity index is 3.35. The Labute approximate surface area is 78.4 Å². The first-order valence-electron chi connectivity index (χ1n) is 4.25. The van der Waals surface area contributed by atoms with Crippen LogP contribution >= 0.6 is 15.9 Å². The minimum absolute atomic E-state index is 0.672. The fourth-order valence-electron chi connectivity index (χ4n) is 0.935. The summed E-state index contributed by atoms with van der Waals surface area (Å²) in [5, 5.41) is 4.55. The molecule has 0 heterocycles. The van der Waals surface area contributed by atoms with Crippen LogP contribution in [-0.4, -0.2) is 17.9 Å². The molecule has 0 amide bonds. The van der Waals surface area contributed by atoms with Crippen molar-refractivity contribution in [1.29, 1.82) is 0 Å². The maximum atomic E-state index is 3.45. The lowest BCUT2D eigenvalue weighted by molar-refractivity contribution is 0.514. The first-order valence-corrected chi connectivity index (χ1v) is 5.37. The maximum Gasteiger partial charge on any atom is 0.0137 e. The van der Waals surface area contributed by atoms with Crippen molar-refractivity contribution in [3.8, 4) is 0 Å². The van der Waals surface area contributed by atoms with Gasteiger partial charge in [0.05, 0.1) is 0 Å². The Bertz CT molecular complexity index is 102. The number of nitrogens with one attached hydrogen (secondary N) is 1. The number of hydrogen-bond acceptors (Lipinski definition) is 1. The van der Waals surface area contributed by atoms with Gasteiger partial charge in [-0.05, 0) is 19.8 Å². The van der Waals surface area contributed by atoms with E-state index >= 15 is 0 Å². The van der Waals surface area contributed by atoms with Gasteiger partial charge in [0.25, 0.3) is 0 Å². The van der Waals surface area contributed by atoms with E-state index in [-0.39, 0.29) is 0 Å². The van der Waals surface area contributed by atoms with Crippen molar-refractivity contribution in [2.24, 2.45) is 0 Å². The van der Waals surface area contributed by atoms with Crippen molar-refractivity contribution in [2.75, 3.05) is 11.9 Å². The van der Waals surface area contributed by atoms with Gasteiger partial charge in [-0.1, -0.05) is 35.0 Å². The van der Waals surface area contributed by atoms with Crippen LogP contribution < -0.4 is 5.32 Å². The number of hydrogen-bond donors (Lipinski definition) is 1. The fraction of sp³-hybridized carbons (Fsp3) is 0.778. The summed E-state index contributed by atoms with van der Waals surface area (Å²) >= 11 is 3.44. The molecule has 0 aromatic carbocycles. The summed E-state index contributed by atoms with van der Waals surface area (Å²) in [6.07, 6.45) is 6.65. The molecule has 66 valence electrons. The average Bonchev–Trinajstić information content (AvgIpc) is 2.03. The standard InChI is InChI=1S/C9H18BrN/c1-3-5-8-11-9(4-2)6-7-10/h3,5,9,11H,4,6-8H2,1-2H3/b5-3+. The minimum Gasteiger partial charge on any atom is -0.311 e. The molecule has 0 fully saturated rings. The van der Waals surface area contributed by atoms with E-state index in [0.717, 1.165) is 11.9 Å². The summed E-state index contributed by atoms with van der Waals surface area (Å²) in [7, 11) is 0. The third kappa shape index (κ3) is 6.57. The molecule has 0 rings (SSSR count). The summed E-state index contributed by atoms with van der Waals surface area (Å²) in [4.78, 5) is 0. The Hall–Kier alpha value is 0.180. The minimum atomic E-state index is 0.672. The lowest BCUT2D eigenvalue weighted by atomic mass is 10.2. The van der Waals surface area contributed by atoms with E-state index in [1.54, 1.807) is 0 Å². The van der Waals surface area contributed by atoms with Crippen molar-refractivity contribution in [3.63, 3.8) is 0 Å². The van der Waals surface area contributed by atoms with Crippen LogP contribution in [0.25, 0.3) is 0 Å². The molecule has 0 aliphatic carbocycles. The molecule has 0 aromatic rings. The van der Waals surface area contributed by atoms with Crippen LogP contribution in [0.3, 0.4) is 0 Å². The molecule has 1 atom stereocenters. The molecular formula is C9H18BrN. The predicted molar refractivity (Wildman–Crippen MR) is 55.3 cm³/mol. The topological polar surface area (TPSA) is 12.0 Å². The zero-order valence-corrected chi connectivity index (χ0v) is 9.02. The summed E-state index contributed by atoms with van der Waals surface area (Å²) in [5.74, 6) is 0. The van der Waals surface area contributed by atoms with Gasteiger partial charge in [-0.25, -0.2) is 0 Å². The summed E-state index contributed by atoms with van der Waals surface area (Å²) in [6, 6.07) is 0.672. The van der Waals surface area contributed by atoms with Gasteiger partial charge in [-0.15, -0.1) is 0 Å². The zero-order valence-electron chi connectivity index (χ0n) is 7.44. The highest BCUT2D eigenvalue weighted by atomic mass is 79.9. The van der Waals surface area contributed by atoms with Crippen LogP contribution in [0.5, 0.6) is 0 Å². The van der Waals surface area contributed by atoms with Crippen molar-refractivity contribution in [2.45, 2.75) is 32.7 Å². The second-order valence-corrected chi connectivity index (χ2v) is 3.35. The van der Waals surface area contributed by atoms with E-state index in [4.69, 9.17) is 0 Å². The van der Waals surface area contributed by atoms with Gasteiger partial charge in [0, 0.05) is 17.9 Å². The quantitative estimate of drug-likeness (QED) is 0.536. The third-order valence-electron chi connectivity index (χ3n) is 1.71. The molecule has 11 heavy (non-hydrogen) atoms. The molecule has 0 radical (unpaired) electrons. The van der Waals surface area contributed by atoms with Crippen LogP contribution in [0.2, 0.25) is 0 Å². The smallest absolute Gasteiger partial charge is 0.0137 e. The average molecular weight is 220 g/mol. The van der Waals surface area contributed by atoms with Crippen molar-refractivity contribution in [1.82, 2.24) is 5.32 Å². The largest absolute Gasteiger partial charge is 0.311 e. The predicted octanol–water partition coefficient (Wildman–Crippen LogP) is 2.72. The summed E-state index contributed by atoms with van der Waals surface area (Å²) < 4.78 is 0. The van der Waals surface area contributed by atoms with Crippen molar-refractivity contribution >= 4 is 15.9 Å². The van der Waals surface area contributed by atoms with Gasteiger partial charge in [-0.3, -0.25) is 0 Å². The molecule has 0 aliphatic heterocycles. The summed E-state index contributed by atoms with van der Waals surface area (Å²) in [6.45, 7) is 5.27. The lowest BCUT2D eigenvalue weighted by Crippen LogP contribution is -2.28. The van der Waals surface area contributed by atoms with E-state index in [0.29, 0.717) is 6.04 Å². The highest BCUT2D eigenvalue weighted by Gasteiger charge is 2.01. The molecular weight excluding hydrogens is 202 g/mol. The van der Waals surface area contributed by atoms with Crippen LogP contribution in [-0.2, 0) is 0 Å². The Morgan fingerprint density at radius 2 is 2.27 bits per heavy atom. The first kappa shape index (κ1) is 11.2. The third-order valence-corrected chi connectivity index (χ3v) is 2.17. The Kier molecular flexibility index (Phi) is 8.41. The van der Waals surface area contributed by atoms with Gasteiger partial charge < -0.3 is 5.32 Å². The molecule has 2 heteroatoms. The maximum absolute atomic E-state index is 3.45. The molecule has 0 aromatic heterocycles. The monoisotopic (exact) mass is 219 g/mol. The van der Waals surface area contributed by atoms with E-state index in [2.05, 4.69) is 40.3 Å². The highest BCUT2D eigenvalue weighted by Crippen LogP contribution is 1.99. The van der Waals surface area contributed by atoms with Crippen LogP contribution in [0.1, 0.15) is 26.7 Å². The molecule has 0 saturated heterocycles. The number of rotatable bonds is 6. The van der Waals surface area contributed by atoms with E-state index in [1.165, 1.54) is 12.8 Å². The van der Waals surface area contributed by atoms with Gasteiger partial charge >= 0.3 is 0 Å². The normalized spacial score (nSPS) is 14.1. The van der Waals surface area contributed by atoms with Crippen molar-refractivity contribution < 1.29 is 0 Å². The molecule has 0 saturated carbocycles. The SMILES string of the molecule is C/C=C/CNC(CC)CCBr. The second kappa shape index (κ2) is 8.28. The van der Waals surface area contributed by atoms with E-state index in [1.807, 2.05) is 6.92 Å². The van der Waals surface area contributed by atoms with Crippen LogP contribution in [0.15, 0.2) is 12.2 Å². The first-order chi connectivity index (χ1) is 5.35. The molecule has 1 N–H and O–H groups in total. The summed E-state index contributed by atoms with van der Waals surface area (Å²) in [5.41, 5.74) is 0. The molecule has 0 aliphatic rings. The van der Waals surface area contributed by atoms with E-state index in [9.17, 15) is 0 Å². The molecule has 0 bridgehead atoms. The lowest BCUT2D eigenvalue weighted by Gasteiger charge is -2.13. The van der Waals surface area contributed by atoms with Crippen LogP contribution in [0, 0.1) is 0 Å². The van der Waals surface area contributed by atoms with Crippen LogP contribution in [0.4, 0.5) is 0 Å². The Morgan fingerprint density at radius 3 is 2.73 bits per heavy atom. The Morgan fingerprint density at radius 1 is 1.55 bits per heavy atom. The van der Waals surface area contributed by atoms with Gasteiger partial charge in [-0.2, -0.15) is 0 Å².